The van der Waals surface area contributed by atoms with Crippen molar-refractivity contribution in [2.24, 2.45) is 0 Å². The van der Waals surface area contributed by atoms with Crippen LogP contribution in [0.25, 0.3) is 10.9 Å². The molecule has 100 valence electrons. The van der Waals surface area contributed by atoms with Crippen molar-refractivity contribution in [2.75, 3.05) is 5.73 Å². The van der Waals surface area contributed by atoms with Gasteiger partial charge in [-0.25, -0.2) is 0 Å². The standard InChI is InChI=1S/C15H14N4O/c16-12-3-4-13-11(6-12)7-14(19-13)15(20)18-9-10-2-1-5-17-8-10/h1-8,19H,9,16H2,(H,18,20). The van der Waals surface area contributed by atoms with E-state index in [4.69, 9.17) is 5.73 Å². The molecule has 3 rings (SSSR count). The Morgan fingerprint density at radius 3 is 3.00 bits per heavy atom. The number of hydrogen-bond donors (Lipinski definition) is 3. The number of H-pyrrole nitrogens is 1. The highest BCUT2D eigenvalue weighted by Crippen LogP contribution is 2.18. The number of anilines is 1. The van der Waals surface area contributed by atoms with E-state index >= 15 is 0 Å². The predicted octanol–water partition coefficient (Wildman–Crippen LogP) is 2.08. The lowest BCUT2D eigenvalue weighted by Crippen LogP contribution is -2.23. The minimum Gasteiger partial charge on any atom is -0.399 e. The second-order valence-electron chi connectivity index (χ2n) is 4.57. The molecule has 0 unspecified atom stereocenters. The molecule has 0 saturated heterocycles. The summed E-state index contributed by atoms with van der Waals surface area (Å²) in [6.07, 6.45) is 3.43. The molecule has 0 fully saturated rings. The Hall–Kier alpha value is -2.82. The lowest BCUT2D eigenvalue weighted by molar-refractivity contribution is 0.0946. The molecular formula is C15H14N4O. The Labute approximate surface area is 115 Å². The van der Waals surface area contributed by atoms with Crippen LogP contribution in [0.15, 0.2) is 48.8 Å². The van der Waals surface area contributed by atoms with Gasteiger partial charge in [0.25, 0.3) is 5.91 Å². The zero-order valence-corrected chi connectivity index (χ0v) is 10.8. The highest BCUT2D eigenvalue weighted by atomic mass is 16.1. The molecular weight excluding hydrogens is 252 g/mol. The van der Waals surface area contributed by atoms with E-state index in [1.165, 1.54) is 0 Å². The van der Waals surface area contributed by atoms with Crippen molar-refractivity contribution < 1.29 is 4.79 Å². The first kappa shape index (κ1) is 12.2. The highest BCUT2D eigenvalue weighted by Gasteiger charge is 2.09. The summed E-state index contributed by atoms with van der Waals surface area (Å²) in [4.78, 5) is 19.2. The number of aromatic amines is 1. The molecule has 4 N–H and O–H groups in total. The van der Waals surface area contributed by atoms with Crippen LogP contribution in [-0.2, 0) is 6.54 Å². The maximum absolute atomic E-state index is 12.1. The highest BCUT2D eigenvalue weighted by molar-refractivity contribution is 5.98. The number of nitrogens with one attached hydrogen (secondary N) is 2. The van der Waals surface area contributed by atoms with Gasteiger partial charge in [-0.1, -0.05) is 6.07 Å². The zero-order valence-electron chi connectivity index (χ0n) is 10.8. The monoisotopic (exact) mass is 266 g/mol. The summed E-state index contributed by atoms with van der Waals surface area (Å²) in [5.74, 6) is -0.149. The van der Waals surface area contributed by atoms with E-state index in [9.17, 15) is 4.79 Å². The van der Waals surface area contributed by atoms with Crippen LogP contribution in [0.2, 0.25) is 0 Å². The number of amides is 1. The summed E-state index contributed by atoms with van der Waals surface area (Å²) >= 11 is 0. The normalized spacial score (nSPS) is 10.6. The molecule has 3 aromatic rings. The van der Waals surface area contributed by atoms with Crippen molar-refractivity contribution >= 4 is 22.5 Å². The van der Waals surface area contributed by atoms with Crippen LogP contribution in [0.1, 0.15) is 16.1 Å². The SMILES string of the molecule is Nc1ccc2[nH]c(C(=O)NCc3cccnc3)cc2c1. The van der Waals surface area contributed by atoms with Crippen LogP contribution in [-0.4, -0.2) is 15.9 Å². The number of fused-ring (bicyclic) bond motifs is 1. The van der Waals surface area contributed by atoms with Gasteiger partial charge in [0.2, 0.25) is 0 Å². The second kappa shape index (κ2) is 5.05. The average Bonchev–Trinajstić information content (AvgIpc) is 2.89. The summed E-state index contributed by atoms with van der Waals surface area (Å²) in [6, 6.07) is 11.1. The number of nitrogens with zero attached hydrogens (tertiary/aromatic N) is 1. The van der Waals surface area contributed by atoms with Crippen molar-refractivity contribution in [3.05, 3.63) is 60.0 Å². The first-order chi connectivity index (χ1) is 9.72. The average molecular weight is 266 g/mol. The molecule has 1 amide bonds. The number of rotatable bonds is 3. The van der Waals surface area contributed by atoms with Gasteiger partial charge in [-0.05, 0) is 35.9 Å². The van der Waals surface area contributed by atoms with Crippen LogP contribution >= 0.6 is 0 Å². The van der Waals surface area contributed by atoms with Gasteiger partial charge >= 0.3 is 0 Å². The lowest BCUT2D eigenvalue weighted by Gasteiger charge is -2.02. The molecule has 0 saturated carbocycles. The van der Waals surface area contributed by atoms with Gasteiger partial charge < -0.3 is 16.0 Å². The summed E-state index contributed by atoms with van der Waals surface area (Å²) in [5, 5.41) is 3.78. The number of carbonyl (C=O) groups is 1. The number of pyridine rings is 1. The molecule has 1 aromatic carbocycles. The molecule has 5 nitrogen and oxygen atoms in total. The number of benzene rings is 1. The molecule has 20 heavy (non-hydrogen) atoms. The molecule has 5 heteroatoms. The van der Waals surface area contributed by atoms with Gasteiger partial charge in [0.1, 0.15) is 5.69 Å². The second-order valence-corrected chi connectivity index (χ2v) is 4.57. The van der Waals surface area contributed by atoms with Crippen molar-refractivity contribution in [3.63, 3.8) is 0 Å². The molecule has 2 heterocycles. The molecule has 0 bridgehead atoms. The van der Waals surface area contributed by atoms with E-state index < -0.39 is 0 Å². The molecule has 0 atom stereocenters. The molecule has 0 spiro atoms. The number of hydrogen-bond acceptors (Lipinski definition) is 3. The third kappa shape index (κ3) is 2.47. The van der Waals surface area contributed by atoms with Crippen LogP contribution in [0.3, 0.4) is 0 Å². The van der Waals surface area contributed by atoms with E-state index in [-0.39, 0.29) is 5.91 Å². The van der Waals surface area contributed by atoms with Crippen LogP contribution in [0.5, 0.6) is 0 Å². The molecule has 2 aromatic heterocycles. The largest absolute Gasteiger partial charge is 0.399 e. The first-order valence-electron chi connectivity index (χ1n) is 6.28. The predicted molar refractivity (Wildman–Crippen MR) is 78.1 cm³/mol. The van der Waals surface area contributed by atoms with Crippen LogP contribution in [0, 0.1) is 0 Å². The Bertz CT molecular complexity index is 749. The van der Waals surface area contributed by atoms with E-state index in [0.717, 1.165) is 16.5 Å². The Morgan fingerprint density at radius 2 is 2.20 bits per heavy atom. The summed E-state index contributed by atoms with van der Waals surface area (Å²) < 4.78 is 0. The maximum Gasteiger partial charge on any atom is 0.267 e. The number of nitrogens with two attached hydrogens (primary N) is 1. The first-order valence-corrected chi connectivity index (χ1v) is 6.28. The van der Waals surface area contributed by atoms with Gasteiger partial charge in [0, 0.05) is 35.5 Å². The fraction of sp³-hybridized carbons (Fsp3) is 0.0667. The number of carbonyl (C=O) groups excluding carboxylic acids is 1. The third-order valence-electron chi connectivity index (χ3n) is 3.07. The Balaban J connectivity index is 1.75. The summed E-state index contributed by atoms with van der Waals surface area (Å²) in [7, 11) is 0. The van der Waals surface area contributed by atoms with Gasteiger partial charge in [0.15, 0.2) is 0 Å². The Morgan fingerprint density at radius 1 is 1.30 bits per heavy atom. The third-order valence-corrected chi connectivity index (χ3v) is 3.07. The van der Waals surface area contributed by atoms with Crippen molar-refractivity contribution in [1.82, 2.24) is 15.3 Å². The van der Waals surface area contributed by atoms with Gasteiger partial charge in [-0.2, -0.15) is 0 Å². The number of aromatic nitrogens is 2. The van der Waals surface area contributed by atoms with E-state index in [1.54, 1.807) is 24.5 Å². The lowest BCUT2D eigenvalue weighted by atomic mass is 10.2. The van der Waals surface area contributed by atoms with Crippen LogP contribution < -0.4 is 11.1 Å². The molecule has 0 aliphatic rings. The quantitative estimate of drug-likeness (QED) is 0.634. The Kier molecular flexibility index (Phi) is 3.09. The summed E-state index contributed by atoms with van der Waals surface area (Å²) in [6.45, 7) is 0.449. The minimum atomic E-state index is -0.149. The smallest absolute Gasteiger partial charge is 0.267 e. The van der Waals surface area contributed by atoms with Gasteiger partial charge in [-0.15, -0.1) is 0 Å². The van der Waals surface area contributed by atoms with E-state index in [0.29, 0.717) is 17.9 Å². The molecule has 0 aliphatic carbocycles. The van der Waals surface area contributed by atoms with E-state index in [2.05, 4.69) is 15.3 Å². The fourth-order valence-electron chi connectivity index (χ4n) is 2.05. The minimum absolute atomic E-state index is 0.149. The van der Waals surface area contributed by atoms with Gasteiger partial charge in [0.05, 0.1) is 0 Å². The zero-order chi connectivity index (χ0) is 13.9. The van der Waals surface area contributed by atoms with Crippen LogP contribution in [0.4, 0.5) is 5.69 Å². The van der Waals surface area contributed by atoms with Crippen molar-refractivity contribution in [3.8, 4) is 0 Å². The van der Waals surface area contributed by atoms with Crippen molar-refractivity contribution in [2.45, 2.75) is 6.54 Å². The fourth-order valence-corrected chi connectivity index (χ4v) is 2.05. The number of nitrogen functional groups attached to an aromatic ring is 1. The van der Waals surface area contributed by atoms with Crippen molar-refractivity contribution in [1.29, 1.82) is 0 Å². The molecule has 0 aliphatic heterocycles. The summed E-state index contributed by atoms with van der Waals surface area (Å²) in [5.41, 5.74) is 8.78. The van der Waals surface area contributed by atoms with E-state index in [1.807, 2.05) is 24.3 Å². The molecule has 0 radical (unpaired) electrons. The topological polar surface area (TPSA) is 83.8 Å². The maximum atomic E-state index is 12.1. The van der Waals surface area contributed by atoms with Gasteiger partial charge in [-0.3, -0.25) is 9.78 Å².